The highest BCUT2D eigenvalue weighted by molar-refractivity contribution is 6.17. The highest BCUT2D eigenvalue weighted by Gasteiger charge is 2.26. The number of ether oxygens (including phenoxy) is 1. The lowest BCUT2D eigenvalue weighted by atomic mass is 10.1. The zero-order valence-electron chi connectivity index (χ0n) is 21.4. The predicted octanol–water partition coefficient (Wildman–Crippen LogP) is 4.63. The largest absolute Gasteiger partial charge is 0.482 e. The van der Waals surface area contributed by atoms with Crippen molar-refractivity contribution < 1.29 is 23.1 Å². The van der Waals surface area contributed by atoms with Crippen LogP contribution < -0.4 is 20.8 Å². The van der Waals surface area contributed by atoms with Gasteiger partial charge in [-0.3, -0.25) is 14.4 Å². The SMILES string of the molecule is CCNC(=O)c1c(OCc2ccccc2)c(=O)c(C(=O)NCc2ccc(F)cc2F)cn1/N=C\CCCCCl. The minimum Gasteiger partial charge on any atom is -0.482 e. The Balaban J connectivity index is 2.03. The highest BCUT2D eigenvalue weighted by Crippen LogP contribution is 2.18. The Morgan fingerprint density at radius 2 is 1.85 bits per heavy atom. The number of rotatable bonds is 13. The molecule has 3 rings (SSSR count). The summed E-state index contributed by atoms with van der Waals surface area (Å²) in [7, 11) is 0. The molecule has 0 saturated heterocycles. The molecule has 0 spiro atoms. The van der Waals surface area contributed by atoms with E-state index in [2.05, 4.69) is 15.7 Å². The molecule has 2 aromatic carbocycles. The van der Waals surface area contributed by atoms with Crippen LogP contribution in [0.1, 0.15) is 58.2 Å². The van der Waals surface area contributed by atoms with Gasteiger partial charge in [-0.1, -0.05) is 36.4 Å². The molecule has 0 saturated carbocycles. The Kier molecular flexibility index (Phi) is 11.2. The Hall–Kier alpha value is -4.05. The molecular weight excluding hydrogens is 530 g/mol. The molecule has 2 amide bonds. The van der Waals surface area contributed by atoms with Crippen LogP contribution in [0.5, 0.6) is 5.75 Å². The number of halogens is 3. The summed E-state index contributed by atoms with van der Waals surface area (Å²) in [4.78, 5) is 39.6. The average molecular weight is 559 g/mol. The van der Waals surface area contributed by atoms with Gasteiger partial charge >= 0.3 is 0 Å². The fourth-order valence-electron chi connectivity index (χ4n) is 3.56. The van der Waals surface area contributed by atoms with E-state index in [-0.39, 0.29) is 42.3 Å². The number of carbonyl (C=O) groups excluding carboxylic acids is 2. The van der Waals surface area contributed by atoms with Crippen LogP contribution in [0.3, 0.4) is 0 Å². The Labute approximate surface area is 229 Å². The molecule has 8 nitrogen and oxygen atoms in total. The van der Waals surface area contributed by atoms with E-state index in [1.165, 1.54) is 6.07 Å². The molecule has 1 aromatic heterocycles. The van der Waals surface area contributed by atoms with Gasteiger partial charge in [0.2, 0.25) is 5.43 Å². The number of alkyl halides is 1. The first kappa shape index (κ1) is 29.5. The average Bonchev–Trinajstić information content (AvgIpc) is 2.92. The smallest absolute Gasteiger partial charge is 0.273 e. The van der Waals surface area contributed by atoms with Crippen molar-refractivity contribution in [3.63, 3.8) is 0 Å². The van der Waals surface area contributed by atoms with Crippen LogP contribution in [0, 0.1) is 11.6 Å². The number of unbranched alkanes of at least 4 members (excludes halogenated alkanes) is 2. The van der Waals surface area contributed by atoms with Crippen LogP contribution in [0.4, 0.5) is 8.78 Å². The Bertz CT molecular complexity index is 1380. The van der Waals surface area contributed by atoms with E-state index < -0.39 is 28.9 Å². The van der Waals surface area contributed by atoms with Gasteiger partial charge in [-0.25, -0.2) is 13.5 Å². The molecule has 0 aliphatic rings. The van der Waals surface area contributed by atoms with E-state index in [1.807, 2.05) is 6.07 Å². The number of benzene rings is 2. The summed E-state index contributed by atoms with van der Waals surface area (Å²) in [6, 6.07) is 11.9. The molecule has 0 aliphatic heterocycles. The van der Waals surface area contributed by atoms with Gasteiger partial charge in [0.05, 0.1) is 0 Å². The fourth-order valence-corrected chi connectivity index (χ4v) is 3.75. The van der Waals surface area contributed by atoms with Gasteiger partial charge in [-0.15, -0.1) is 11.6 Å². The van der Waals surface area contributed by atoms with Crippen molar-refractivity contribution in [3.05, 3.63) is 99.0 Å². The summed E-state index contributed by atoms with van der Waals surface area (Å²) >= 11 is 5.73. The normalized spacial score (nSPS) is 11.0. The summed E-state index contributed by atoms with van der Waals surface area (Å²) in [5.41, 5.74) is -0.615. The van der Waals surface area contributed by atoms with Gasteiger partial charge in [0.1, 0.15) is 23.8 Å². The standard InChI is InChI=1S/C28H29ClF2N4O4/c1-2-32-28(38)24-26(39-18-19-9-5-3-6-10-19)25(36)22(17-35(24)34-14-8-4-7-13-29)27(37)33-16-20-11-12-21(30)15-23(20)31/h3,5-6,9-12,14-15,17H,2,4,7-8,13,16,18H2,1H3,(H,32,38)(H,33,37)/b34-14-. The van der Waals surface area contributed by atoms with E-state index in [0.717, 1.165) is 35.3 Å². The summed E-state index contributed by atoms with van der Waals surface area (Å²) in [6.45, 7) is 1.64. The quantitative estimate of drug-likeness (QED) is 0.181. The highest BCUT2D eigenvalue weighted by atomic mass is 35.5. The van der Waals surface area contributed by atoms with Gasteiger partial charge in [0.15, 0.2) is 11.4 Å². The van der Waals surface area contributed by atoms with Gasteiger partial charge in [-0.2, -0.15) is 5.10 Å². The van der Waals surface area contributed by atoms with E-state index in [4.69, 9.17) is 16.3 Å². The van der Waals surface area contributed by atoms with Crippen LogP contribution in [0.25, 0.3) is 0 Å². The number of hydrogen-bond acceptors (Lipinski definition) is 5. The van der Waals surface area contributed by atoms with Crippen molar-refractivity contribution in [2.45, 2.75) is 39.3 Å². The first-order valence-electron chi connectivity index (χ1n) is 12.4. The zero-order valence-corrected chi connectivity index (χ0v) is 22.1. The van der Waals surface area contributed by atoms with Gasteiger partial charge in [-0.05, 0) is 37.8 Å². The fraction of sp³-hybridized carbons (Fsp3) is 0.286. The molecule has 2 N–H and O–H groups in total. The van der Waals surface area contributed by atoms with Gasteiger partial charge in [0.25, 0.3) is 11.8 Å². The maximum Gasteiger partial charge on any atom is 0.273 e. The van der Waals surface area contributed by atoms with Crippen LogP contribution in [0.15, 0.2) is 64.6 Å². The van der Waals surface area contributed by atoms with E-state index in [9.17, 15) is 23.2 Å². The van der Waals surface area contributed by atoms with Crippen molar-refractivity contribution in [2.75, 3.05) is 12.4 Å². The third kappa shape index (κ3) is 8.22. The molecule has 206 valence electrons. The molecule has 1 heterocycles. The number of aromatic nitrogens is 1. The number of hydrogen-bond donors (Lipinski definition) is 2. The molecule has 11 heteroatoms. The van der Waals surface area contributed by atoms with Gasteiger partial charge < -0.3 is 15.4 Å². The second kappa shape index (κ2) is 14.8. The lowest BCUT2D eigenvalue weighted by Gasteiger charge is -2.16. The summed E-state index contributed by atoms with van der Waals surface area (Å²) in [5.74, 6) is -2.92. The van der Waals surface area contributed by atoms with Crippen LogP contribution in [-0.2, 0) is 13.2 Å². The third-order valence-electron chi connectivity index (χ3n) is 5.55. The zero-order chi connectivity index (χ0) is 28.2. The number of amides is 2. The van der Waals surface area contributed by atoms with Crippen molar-refractivity contribution in [1.29, 1.82) is 0 Å². The third-order valence-corrected chi connectivity index (χ3v) is 5.81. The molecule has 0 radical (unpaired) electrons. The molecule has 0 aliphatic carbocycles. The van der Waals surface area contributed by atoms with E-state index in [0.29, 0.717) is 18.4 Å². The first-order chi connectivity index (χ1) is 18.8. The van der Waals surface area contributed by atoms with Gasteiger partial charge in [0, 0.05) is 43.0 Å². The molecule has 0 unspecified atom stereocenters. The molecule has 0 bridgehead atoms. The first-order valence-corrected chi connectivity index (χ1v) is 12.9. The topological polar surface area (TPSA) is 102 Å². The van der Waals surface area contributed by atoms with E-state index in [1.54, 1.807) is 37.4 Å². The van der Waals surface area contributed by atoms with Crippen molar-refractivity contribution in [2.24, 2.45) is 5.10 Å². The van der Waals surface area contributed by atoms with Crippen LogP contribution in [-0.4, -0.2) is 35.1 Å². The maximum atomic E-state index is 14.1. The Morgan fingerprint density at radius 3 is 2.54 bits per heavy atom. The van der Waals surface area contributed by atoms with Crippen molar-refractivity contribution in [1.82, 2.24) is 15.3 Å². The minimum atomic E-state index is -0.846. The van der Waals surface area contributed by atoms with Crippen LogP contribution in [0.2, 0.25) is 0 Å². The maximum absolute atomic E-state index is 14.1. The number of nitrogens with zero attached hydrogens (tertiary/aromatic N) is 2. The Morgan fingerprint density at radius 1 is 1.08 bits per heavy atom. The summed E-state index contributed by atoms with van der Waals surface area (Å²) in [5, 5.41) is 9.42. The van der Waals surface area contributed by atoms with E-state index >= 15 is 0 Å². The molecule has 0 atom stereocenters. The van der Waals surface area contributed by atoms with Crippen LogP contribution >= 0.6 is 11.6 Å². The monoisotopic (exact) mass is 558 g/mol. The number of nitrogens with one attached hydrogen (secondary N) is 2. The molecule has 3 aromatic rings. The summed E-state index contributed by atoms with van der Waals surface area (Å²) < 4.78 is 34.3. The lowest BCUT2D eigenvalue weighted by Crippen LogP contribution is -2.34. The molecule has 39 heavy (non-hydrogen) atoms. The minimum absolute atomic E-state index is 0.0295. The number of pyridine rings is 1. The summed E-state index contributed by atoms with van der Waals surface area (Å²) in [6.07, 6.45) is 4.74. The van der Waals surface area contributed by atoms with Crippen molar-refractivity contribution >= 4 is 29.6 Å². The second-order valence-electron chi connectivity index (χ2n) is 8.43. The predicted molar refractivity (Wildman–Crippen MR) is 145 cm³/mol. The molecule has 0 fully saturated rings. The lowest BCUT2D eigenvalue weighted by molar-refractivity contribution is 0.0927. The second-order valence-corrected chi connectivity index (χ2v) is 8.81. The van der Waals surface area contributed by atoms with Crippen molar-refractivity contribution in [3.8, 4) is 5.75 Å². The molecular formula is C28H29ClF2N4O4. The number of carbonyl (C=O) groups is 2.